The summed E-state index contributed by atoms with van der Waals surface area (Å²) in [5.74, 6) is -0.111. The highest BCUT2D eigenvalue weighted by Gasteiger charge is 2.23. The van der Waals surface area contributed by atoms with E-state index in [1.165, 1.54) is 5.56 Å². The maximum absolute atomic E-state index is 12.1. The molecule has 6 nitrogen and oxygen atoms in total. The topological polar surface area (TPSA) is 76.0 Å². The lowest BCUT2D eigenvalue weighted by Gasteiger charge is -2.22. The van der Waals surface area contributed by atoms with E-state index in [1.807, 2.05) is 48.1 Å². The zero-order valence-corrected chi connectivity index (χ0v) is 14.5. The number of hydrogen-bond donors (Lipinski definition) is 2. The molecule has 2 amide bonds. The standard InChI is InChI=1S/C19H24N4O2/c1-14-15(13-23(22-14)16-8-3-2-4-9-16)7-6-12-20-19(25)17-10-5-11-18(24)21-17/h2-4,8-9,13,17H,5-7,10-12H2,1H3,(H,20,25)(H,21,24)/t17-/m0/s1. The molecule has 0 saturated carbocycles. The highest BCUT2D eigenvalue weighted by atomic mass is 16.2. The molecular formula is C19H24N4O2. The van der Waals surface area contributed by atoms with Gasteiger partial charge in [0.2, 0.25) is 11.8 Å². The van der Waals surface area contributed by atoms with Crippen LogP contribution in [0.5, 0.6) is 0 Å². The molecule has 0 radical (unpaired) electrons. The van der Waals surface area contributed by atoms with Gasteiger partial charge in [0.1, 0.15) is 6.04 Å². The summed E-state index contributed by atoms with van der Waals surface area (Å²) >= 11 is 0. The molecule has 0 bridgehead atoms. The molecule has 0 aliphatic carbocycles. The molecule has 0 unspecified atom stereocenters. The fourth-order valence-corrected chi connectivity index (χ4v) is 3.07. The summed E-state index contributed by atoms with van der Waals surface area (Å²) in [4.78, 5) is 23.4. The number of hydrogen-bond acceptors (Lipinski definition) is 3. The van der Waals surface area contributed by atoms with E-state index in [9.17, 15) is 9.59 Å². The Morgan fingerprint density at radius 1 is 1.36 bits per heavy atom. The number of rotatable bonds is 6. The van der Waals surface area contributed by atoms with Crippen LogP contribution in [0.1, 0.15) is 36.9 Å². The second kappa shape index (κ2) is 7.96. The van der Waals surface area contributed by atoms with Gasteiger partial charge < -0.3 is 10.6 Å². The van der Waals surface area contributed by atoms with E-state index in [2.05, 4.69) is 15.7 Å². The molecule has 1 fully saturated rings. The van der Waals surface area contributed by atoms with Crippen LogP contribution in [0.3, 0.4) is 0 Å². The van der Waals surface area contributed by atoms with E-state index >= 15 is 0 Å². The van der Waals surface area contributed by atoms with Gasteiger partial charge >= 0.3 is 0 Å². The quantitative estimate of drug-likeness (QED) is 0.789. The zero-order valence-electron chi connectivity index (χ0n) is 14.5. The number of nitrogens with zero attached hydrogens (tertiary/aromatic N) is 2. The molecule has 0 spiro atoms. The first-order chi connectivity index (χ1) is 12.1. The average molecular weight is 340 g/mol. The molecule has 2 N–H and O–H groups in total. The molecule has 3 rings (SSSR count). The second-order valence-corrected chi connectivity index (χ2v) is 6.43. The van der Waals surface area contributed by atoms with Crippen molar-refractivity contribution < 1.29 is 9.59 Å². The summed E-state index contributed by atoms with van der Waals surface area (Å²) in [6.45, 7) is 2.60. The number of aryl methyl sites for hydroxylation is 2. The van der Waals surface area contributed by atoms with Crippen LogP contribution in [0, 0.1) is 6.92 Å². The Kier molecular flexibility index (Phi) is 5.48. The highest BCUT2D eigenvalue weighted by molar-refractivity contribution is 5.88. The summed E-state index contributed by atoms with van der Waals surface area (Å²) in [6.07, 6.45) is 5.77. The van der Waals surface area contributed by atoms with Crippen molar-refractivity contribution in [2.75, 3.05) is 6.54 Å². The summed E-state index contributed by atoms with van der Waals surface area (Å²) in [5.41, 5.74) is 3.23. The minimum absolute atomic E-state index is 0.0321. The van der Waals surface area contributed by atoms with Gasteiger partial charge in [-0.3, -0.25) is 9.59 Å². The maximum Gasteiger partial charge on any atom is 0.242 e. The first-order valence-corrected chi connectivity index (χ1v) is 8.81. The Labute approximate surface area is 147 Å². The van der Waals surface area contributed by atoms with Gasteiger partial charge in [-0.15, -0.1) is 0 Å². The number of nitrogens with one attached hydrogen (secondary N) is 2. The lowest BCUT2D eigenvalue weighted by molar-refractivity contribution is -0.130. The van der Waals surface area contributed by atoms with Crippen LogP contribution in [0.4, 0.5) is 0 Å². The van der Waals surface area contributed by atoms with Crippen LogP contribution in [-0.2, 0) is 16.0 Å². The van der Waals surface area contributed by atoms with Crippen molar-refractivity contribution in [2.45, 2.75) is 45.1 Å². The number of para-hydroxylation sites is 1. The van der Waals surface area contributed by atoms with Crippen LogP contribution in [0.15, 0.2) is 36.5 Å². The smallest absolute Gasteiger partial charge is 0.242 e. The largest absolute Gasteiger partial charge is 0.354 e. The second-order valence-electron chi connectivity index (χ2n) is 6.43. The first-order valence-electron chi connectivity index (χ1n) is 8.81. The fraction of sp³-hybridized carbons (Fsp3) is 0.421. The van der Waals surface area contributed by atoms with Crippen LogP contribution >= 0.6 is 0 Å². The molecule has 1 aromatic carbocycles. The minimum atomic E-state index is -0.371. The van der Waals surface area contributed by atoms with Gasteiger partial charge in [-0.2, -0.15) is 5.10 Å². The predicted molar refractivity (Wildman–Crippen MR) is 95.4 cm³/mol. The lowest BCUT2D eigenvalue weighted by atomic mass is 10.0. The molecule has 1 aromatic heterocycles. The normalized spacial score (nSPS) is 17.2. The van der Waals surface area contributed by atoms with Crippen molar-refractivity contribution in [3.05, 3.63) is 47.8 Å². The van der Waals surface area contributed by atoms with Gasteiger partial charge in [0.25, 0.3) is 0 Å². The SMILES string of the molecule is Cc1nn(-c2ccccc2)cc1CCCNC(=O)[C@@H]1CCCC(=O)N1. The highest BCUT2D eigenvalue weighted by Crippen LogP contribution is 2.13. The Balaban J connectivity index is 1.47. The van der Waals surface area contributed by atoms with E-state index < -0.39 is 0 Å². The predicted octanol–water partition coefficient (Wildman–Crippen LogP) is 1.90. The minimum Gasteiger partial charge on any atom is -0.354 e. The number of carbonyl (C=O) groups excluding carboxylic acids is 2. The molecule has 6 heteroatoms. The number of piperidine rings is 1. The number of carbonyl (C=O) groups is 2. The summed E-state index contributed by atoms with van der Waals surface area (Å²) < 4.78 is 1.89. The van der Waals surface area contributed by atoms with Crippen molar-refractivity contribution in [1.29, 1.82) is 0 Å². The van der Waals surface area contributed by atoms with E-state index in [0.29, 0.717) is 13.0 Å². The van der Waals surface area contributed by atoms with Gasteiger partial charge in [-0.25, -0.2) is 4.68 Å². The molecule has 1 aliphatic rings. The molecule has 25 heavy (non-hydrogen) atoms. The number of benzene rings is 1. The third-order valence-corrected chi connectivity index (χ3v) is 4.49. The molecule has 1 saturated heterocycles. The molecule has 1 aliphatic heterocycles. The third kappa shape index (κ3) is 4.47. The Morgan fingerprint density at radius 2 is 2.16 bits per heavy atom. The molecule has 132 valence electrons. The van der Waals surface area contributed by atoms with E-state index in [-0.39, 0.29) is 17.9 Å². The van der Waals surface area contributed by atoms with Crippen LogP contribution < -0.4 is 10.6 Å². The third-order valence-electron chi connectivity index (χ3n) is 4.49. The first kappa shape index (κ1) is 17.2. The van der Waals surface area contributed by atoms with Crippen molar-refractivity contribution >= 4 is 11.8 Å². The van der Waals surface area contributed by atoms with Gasteiger partial charge in [0, 0.05) is 19.2 Å². The average Bonchev–Trinajstić information content (AvgIpc) is 3.00. The Morgan fingerprint density at radius 3 is 2.92 bits per heavy atom. The summed E-state index contributed by atoms with van der Waals surface area (Å²) in [5, 5.41) is 10.2. The van der Waals surface area contributed by atoms with Gasteiger partial charge in [0.15, 0.2) is 0 Å². The van der Waals surface area contributed by atoms with Crippen molar-refractivity contribution in [3.63, 3.8) is 0 Å². The molecule has 1 atom stereocenters. The monoisotopic (exact) mass is 340 g/mol. The van der Waals surface area contributed by atoms with Crippen molar-refractivity contribution in [2.24, 2.45) is 0 Å². The fourth-order valence-electron chi connectivity index (χ4n) is 3.07. The summed E-state index contributed by atoms with van der Waals surface area (Å²) in [6, 6.07) is 9.64. The Bertz CT molecular complexity index is 739. The summed E-state index contributed by atoms with van der Waals surface area (Å²) in [7, 11) is 0. The lowest BCUT2D eigenvalue weighted by Crippen LogP contribution is -2.49. The van der Waals surface area contributed by atoms with Gasteiger partial charge in [-0.1, -0.05) is 18.2 Å². The molecule has 2 aromatic rings. The van der Waals surface area contributed by atoms with E-state index in [0.717, 1.165) is 37.1 Å². The maximum atomic E-state index is 12.1. The van der Waals surface area contributed by atoms with Gasteiger partial charge in [0.05, 0.1) is 11.4 Å². The Hall–Kier alpha value is -2.63. The van der Waals surface area contributed by atoms with Crippen molar-refractivity contribution in [1.82, 2.24) is 20.4 Å². The van der Waals surface area contributed by atoms with Crippen molar-refractivity contribution in [3.8, 4) is 5.69 Å². The van der Waals surface area contributed by atoms with Gasteiger partial charge in [-0.05, 0) is 50.3 Å². The van der Waals surface area contributed by atoms with Crippen LogP contribution in [-0.4, -0.2) is 34.2 Å². The molecule has 2 heterocycles. The van der Waals surface area contributed by atoms with E-state index in [4.69, 9.17) is 0 Å². The number of aromatic nitrogens is 2. The van der Waals surface area contributed by atoms with Crippen LogP contribution in [0.2, 0.25) is 0 Å². The number of amides is 2. The zero-order chi connectivity index (χ0) is 17.6. The van der Waals surface area contributed by atoms with Crippen LogP contribution in [0.25, 0.3) is 5.69 Å². The van der Waals surface area contributed by atoms with E-state index in [1.54, 1.807) is 0 Å². The molecular weight excluding hydrogens is 316 g/mol.